The van der Waals surface area contributed by atoms with Gasteiger partial charge in [-0.1, -0.05) is 6.92 Å². The molecule has 1 saturated carbocycles. The average molecular weight is 255 g/mol. The Morgan fingerprint density at radius 2 is 2.24 bits per heavy atom. The molecule has 6 heteroatoms. The van der Waals surface area contributed by atoms with Gasteiger partial charge in [0.05, 0.1) is 0 Å². The third-order valence-electron chi connectivity index (χ3n) is 3.11. The van der Waals surface area contributed by atoms with Crippen LogP contribution in [0, 0.1) is 11.8 Å². The van der Waals surface area contributed by atoms with Crippen LogP contribution in [0.3, 0.4) is 0 Å². The summed E-state index contributed by atoms with van der Waals surface area (Å²) in [7, 11) is -1.80. The van der Waals surface area contributed by atoms with Crippen LogP contribution in [0.15, 0.2) is 23.2 Å². The van der Waals surface area contributed by atoms with E-state index in [9.17, 15) is 8.42 Å². The highest BCUT2D eigenvalue weighted by atomic mass is 32.2. The van der Waals surface area contributed by atoms with Crippen molar-refractivity contribution in [2.45, 2.75) is 18.2 Å². The molecule has 1 fully saturated rings. The fourth-order valence-electron chi connectivity index (χ4n) is 1.77. The van der Waals surface area contributed by atoms with Crippen LogP contribution in [0.25, 0.3) is 0 Å². The van der Waals surface area contributed by atoms with Gasteiger partial charge in [-0.15, -0.1) is 0 Å². The van der Waals surface area contributed by atoms with Gasteiger partial charge in [0.25, 0.3) is 0 Å². The lowest BCUT2D eigenvalue weighted by Crippen LogP contribution is -2.27. The van der Waals surface area contributed by atoms with E-state index in [0.29, 0.717) is 24.2 Å². The molecule has 94 valence electrons. The molecule has 2 N–H and O–H groups in total. The molecular weight excluding hydrogens is 238 g/mol. The van der Waals surface area contributed by atoms with Crippen molar-refractivity contribution in [3.8, 4) is 0 Å². The molecule has 17 heavy (non-hydrogen) atoms. The number of sulfonamides is 1. The summed E-state index contributed by atoms with van der Waals surface area (Å²) in [4.78, 5) is 4.20. The summed E-state index contributed by atoms with van der Waals surface area (Å²) in [6.45, 7) is 2.64. The highest BCUT2D eigenvalue weighted by molar-refractivity contribution is 7.89. The molecule has 0 amide bonds. The number of pyridine rings is 1. The molecule has 2 unspecified atom stereocenters. The molecule has 1 aromatic rings. The first-order valence-electron chi connectivity index (χ1n) is 5.67. The first-order chi connectivity index (χ1) is 8.04. The Morgan fingerprint density at radius 1 is 1.53 bits per heavy atom. The number of nitrogens with one attached hydrogen (secondary N) is 2. The number of hydrogen-bond acceptors (Lipinski definition) is 4. The van der Waals surface area contributed by atoms with Crippen LogP contribution in [-0.2, 0) is 10.0 Å². The maximum atomic E-state index is 12.1. The lowest BCUT2D eigenvalue weighted by atomic mass is 10.3. The summed E-state index contributed by atoms with van der Waals surface area (Å²) >= 11 is 0. The normalized spacial score (nSPS) is 23.4. The van der Waals surface area contributed by atoms with Crippen LogP contribution in [0.2, 0.25) is 0 Å². The van der Waals surface area contributed by atoms with Crippen molar-refractivity contribution < 1.29 is 8.42 Å². The van der Waals surface area contributed by atoms with Crippen molar-refractivity contribution in [3.63, 3.8) is 0 Å². The van der Waals surface area contributed by atoms with Gasteiger partial charge in [0.1, 0.15) is 10.7 Å². The number of hydrogen-bond donors (Lipinski definition) is 2. The summed E-state index contributed by atoms with van der Waals surface area (Å²) < 4.78 is 26.8. The highest BCUT2D eigenvalue weighted by Crippen LogP contribution is 2.37. The number of anilines is 1. The Balaban J connectivity index is 2.13. The average Bonchev–Trinajstić information content (AvgIpc) is 3.03. The summed E-state index contributed by atoms with van der Waals surface area (Å²) in [6, 6.07) is 3.17. The number of nitrogens with zero attached hydrogens (tertiary/aromatic N) is 1. The van der Waals surface area contributed by atoms with Crippen LogP contribution >= 0.6 is 0 Å². The van der Waals surface area contributed by atoms with Crippen molar-refractivity contribution in [1.82, 2.24) is 9.71 Å². The topological polar surface area (TPSA) is 71.1 Å². The van der Waals surface area contributed by atoms with E-state index in [1.165, 1.54) is 0 Å². The third-order valence-corrected chi connectivity index (χ3v) is 4.56. The van der Waals surface area contributed by atoms with E-state index in [1.54, 1.807) is 25.4 Å². The van der Waals surface area contributed by atoms with Crippen LogP contribution in [0.5, 0.6) is 0 Å². The molecule has 5 nitrogen and oxygen atoms in total. The Hall–Kier alpha value is -1.14. The first kappa shape index (κ1) is 12.3. The van der Waals surface area contributed by atoms with Crippen molar-refractivity contribution in [2.24, 2.45) is 11.8 Å². The van der Waals surface area contributed by atoms with Gasteiger partial charge in [0.2, 0.25) is 10.0 Å². The maximum absolute atomic E-state index is 12.1. The lowest BCUT2D eigenvalue weighted by Gasteiger charge is -2.09. The van der Waals surface area contributed by atoms with Crippen molar-refractivity contribution >= 4 is 15.8 Å². The maximum Gasteiger partial charge on any atom is 0.244 e. The molecule has 2 atom stereocenters. The van der Waals surface area contributed by atoms with E-state index in [2.05, 4.69) is 21.9 Å². The van der Waals surface area contributed by atoms with Crippen molar-refractivity contribution in [2.75, 3.05) is 18.9 Å². The van der Waals surface area contributed by atoms with E-state index in [4.69, 9.17) is 0 Å². The predicted octanol–water partition coefficient (Wildman–Crippen LogP) is 1.06. The standard InChI is InChI=1S/C11H17N3O2S/c1-8-6-9(8)7-14-17(15,16)10-4-3-5-13-11(10)12-2/h3-5,8-9,14H,6-7H2,1-2H3,(H,12,13). The van der Waals surface area contributed by atoms with Crippen LogP contribution in [0.4, 0.5) is 5.82 Å². The Labute approximate surface area is 102 Å². The highest BCUT2D eigenvalue weighted by Gasteiger charge is 2.33. The van der Waals surface area contributed by atoms with Gasteiger partial charge in [-0.2, -0.15) is 0 Å². The molecular formula is C11H17N3O2S. The van der Waals surface area contributed by atoms with Gasteiger partial charge in [-0.05, 0) is 30.4 Å². The lowest BCUT2D eigenvalue weighted by molar-refractivity contribution is 0.574. The van der Waals surface area contributed by atoms with Crippen LogP contribution in [0.1, 0.15) is 13.3 Å². The summed E-state index contributed by atoms with van der Waals surface area (Å²) in [5, 5.41) is 2.78. The van der Waals surface area contributed by atoms with E-state index >= 15 is 0 Å². The molecule has 0 aromatic carbocycles. The second-order valence-electron chi connectivity index (χ2n) is 4.43. The minimum Gasteiger partial charge on any atom is -0.372 e. The molecule has 1 heterocycles. The Morgan fingerprint density at radius 3 is 2.82 bits per heavy atom. The summed E-state index contributed by atoms with van der Waals surface area (Å²) in [5.74, 6) is 1.50. The minimum atomic E-state index is -3.46. The molecule has 1 aliphatic rings. The minimum absolute atomic E-state index is 0.204. The summed E-state index contributed by atoms with van der Waals surface area (Å²) in [6.07, 6.45) is 2.67. The van der Waals surface area contributed by atoms with E-state index in [-0.39, 0.29) is 4.90 Å². The van der Waals surface area contributed by atoms with Crippen molar-refractivity contribution in [3.05, 3.63) is 18.3 Å². The van der Waals surface area contributed by atoms with E-state index in [0.717, 1.165) is 6.42 Å². The Kier molecular flexibility index (Phi) is 3.35. The molecule has 1 aromatic heterocycles. The zero-order valence-electron chi connectivity index (χ0n) is 9.97. The second-order valence-corrected chi connectivity index (χ2v) is 6.16. The quantitative estimate of drug-likeness (QED) is 0.825. The monoisotopic (exact) mass is 255 g/mol. The van der Waals surface area contributed by atoms with E-state index in [1.807, 2.05) is 0 Å². The van der Waals surface area contributed by atoms with Gasteiger partial charge >= 0.3 is 0 Å². The largest absolute Gasteiger partial charge is 0.372 e. The number of rotatable bonds is 5. The van der Waals surface area contributed by atoms with Gasteiger partial charge in [-0.25, -0.2) is 18.1 Å². The second kappa shape index (κ2) is 4.62. The molecule has 0 aliphatic heterocycles. The predicted molar refractivity (Wildman–Crippen MR) is 66.2 cm³/mol. The van der Waals surface area contributed by atoms with E-state index < -0.39 is 10.0 Å². The van der Waals surface area contributed by atoms with Crippen LogP contribution < -0.4 is 10.0 Å². The third kappa shape index (κ3) is 2.76. The fraction of sp³-hybridized carbons (Fsp3) is 0.545. The van der Waals surface area contributed by atoms with Gasteiger partial charge < -0.3 is 5.32 Å². The van der Waals surface area contributed by atoms with Gasteiger partial charge in [-0.3, -0.25) is 0 Å². The molecule has 2 rings (SSSR count). The number of aromatic nitrogens is 1. The zero-order chi connectivity index (χ0) is 12.5. The molecule has 0 bridgehead atoms. The smallest absolute Gasteiger partial charge is 0.244 e. The fourth-order valence-corrected chi connectivity index (χ4v) is 3.03. The van der Waals surface area contributed by atoms with Crippen molar-refractivity contribution in [1.29, 1.82) is 0 Å². The molecule has 1 aliphatic carbocycles. The van der Waals surface area contributed by atoms with Crippen LogP contribution in [-0.4, -0.2) is 27.0 Å². The first-order valence-corrected chi connectivity index (χ1v) is 7.15. The molecule has 0 saturated heterocycles. The summed E-state index contributed by atoms with van der Waals surface area (Å²) in [5.41, 5.74) is 0. The molecule has 0 radical (unpaired) electrons. The van der Waals surface area contributed by atoms with Gasteiger partial charge in [0.15, 0.2) is 0 Å². The SMILES string of the molecule is CNc1ncccc1S(=O)(=O)NCC1CC1C. The zero-order valence-corrected chi connectivity index (χ0v) is 10.8. The Bertz CT molecular complexity index is 501. The van der Waals surface area contributed by atoms with Gasteiger partial charge in [0, 0.05) is 19.8 Å². The molecule has 0 spiro atoms.